The molecular formula is C15H22N2O2. The van der Waals surface area contributed by atoms with Crippen LogP contribution in [0.15, 0.2) is 18.2 Å². The fourth-order valence-corrected chi connectivity index (χ4v) is 2.25. The fourth-order valence-electron chi connectivity index (χ4n) is 2.25. The highest BCUT2D eigenvalue weighted by molar-refractivity contribution is 5.96. The van der Waals surface area contributed by atoms with Crippen LogP contribution < -0.4 is 10.6 Å². The first-order valence-corrected chi connectivity index (χ1v) is 6.91. The predicted molar refractivity (Wildman–Crippen MR) is 77.5 cm³/mol. The van der Waals surface area contributed by atoms with Crippen LogP contribution in [0.2, 0.25) is 0 Å². The van der Waals surface area contributed by atoms with Gasteiger partial charge in [0, 0.05) is 24.0 Å². The maximum atomic E-state index is 11.7. The number of rotatable bonds is 6. The molecule has 4 heteroatoms. The molecule has 0 amide bonds. The van der Waals surface area contributed by atoms with Crippen LogP contribution >= 0.6 is 0 Å². The van der Waals surface area contributed by atoms with E-state index in [1.165, 1.54) is 26.4 Å². The number of benzene rings is 1. The van der Waals surface area contributed by atoms with E-state index in [0.29, 0.717) is 17.3 Å². The Morgan fingerprint density at radius 3 is 2.79 bits per heavy atom. The Morgan fingerprint density at radius 1 is 1.47 bits per heavy atom. The van der Waals surface area contributed by atoms with E-state index in [4.69, 9.17) is 10.5 Å². The molecule has 0 heterocycles. The third-order valence-electron chi connectivity index (χ3n) is 3.51. The topological polar surface area (TPSA) is 55.6 Å². The van der Waals surface area contributed by atoms with E-state index in [0.717, 1.165) is 18.7 Å². The summed E-state index contributed by atoms with van der Waals surface area (Å²) in [6.07, 6.45) is 4.81. The minimum atomic E-state index is -0.370. The van der Waals surface area contributed by atoms with Crippen LogP contribution in [0.25, 0.3) is 0 Å². The third-order valence-corrected chi connectivity index (χ3v) is 3.51. The molecule has 0 radical (unpaired) electrons. The van der Waals surface area contributed by atoms with Crippen molar-refractivity contribution in [1.82, 2.24) is 0 Å². The molecule has 2 N–H and O–H groups in total. The SMILES string of the molecule is CCCCN(c1ccc(N)c(C(=O)OC)c1)C1CC1. The first-order chi connectivity index (χ1) is 9.17. The lowest BCUT2D eigenvalue weighted by Crippen LogP contribution is -2.27. The summed E-state index contributed by atoms with van der Waals surface area (Å²) in [5, 5.41) is 0. The van der Waals surface area contributed by atoms with Crippen molar-refractivity contribution in [3.05, 3.63) is 23.8 Å². The van der Waals surface area contributed by atoms with Crippen molar-refractivity contribution in [3.8, 4) is 0 Å². The summed E-state index contributed by atoms with van der Waals surface area (Å²) in [6.45, 7) is 3.22. The fraction of sp³-hybridized carbons (Fsp3) is 0.533. The lowest BCUT2D eigenvalue weighted by atomic mass is 10.1. The van der Waals surface area contributed by atoms with Gasteiger partial charge in [0.25, 0.3) is 0 Å². The van der Waals surface area contributed by atoms with Crippen LogP contribution in [0.4, 0.5) is 11.4 Å². The molecule has 0 saturated heterocycles. The molecule has 1 aromatic rings. The van der Waals surface area contributed by atoms with Crippen LogP contribution in [0.3, 0.4) is 0 Å². The van der Waals surface area contributed by atoms with E-state index in [2.05, 4.69) is 11.8 Å². The second kappa shape index (κ2) is 5.95. The van der Waals surface area contributed by atoms with Gasteiger partial charge in [0.1, 0.15) is 0 Å². The molecular weight excluding hydrogens is 240 g/mol. The number of nitrogens with two attached hydrogens (primary N) is 1. The maximum Gasteiger partial charge on any atom is 0.340 e. The maximum absolute atomic E-state index is 11.7. The van der Waals surface area contributed by atoms with Gasteiger partial charge >= 0.3 is 5.97 Å². The standard InChI is InChI=1S/C15H22N2O2/c1-3-4-9-17(11-5-6-11)12-7-8-14(16)13(10-12)15(18)19-2/h7-8,10-11H,3-6,9,16H2,1-2H3. The summed E-state index contributed by atoms with van der Waals surface area (Å²) in [4.78, 5) is 14.1. The van der Waals surface area contributed by atoms with Gasteiger partial charge in [-0.2, -0.15) is 0 Å². The second-order valence-corrected chi connectivity index (χ2v) is 5.04. The Balaban J connectivity index is 2.24. The van der Waals surface area contributed by atoms with E-state index in [1.54, 1.807) is 6.07 Å². The molecule has 0 aliphatic heterocycles. The number of hydrogen-bond donors (Lipinski definition) is 1. The van der Waals surface area contributed by atoms with Gasteiger partial charge in [-0.3, -0.25) is 0 Å². The van der Waals surface area contributed by atoms with Crippen LogP contribution in [0.1, 0.15) is 43.0 Å². The number of carbonyl (C=O) groups excluding carboxylic acids is 1. The molecule has 0 atom stereocenters. The molecule has 19 heavy (non-hydrogen) atoms. The number of anilines is 2. The first kappa shape index (κ1) is 13.7. The number of hydrogen-bond acceptors (Lipinski definition) is 4. The number of methoxy groups -OCH3 is 1. The zero-order chi connectivity index (χ0) is 13.8. The highest BCUT2D eigenvalue weighted by atomic mass is 16.5. The van der Waals surface area contributed by atoms with Crippen LogP contribution in [0, 0.1) is 0 Å². The van der Waals surface area contributed by atoms with Gasteiger partial charge in [0.05, 0.1) is 12.7 Å². The average Bonchev–Trinajstić information content (AvgIpc) is 3.24. The molecule has 104 valence electrons. The minimum Gasteiger partial charge on any atom is -0.465 e. The van der Waals surface area contributed by atoms with Crippen molar-refractivity contribution in [3.63, 3.8) is 0 Å². The van der Waals surface area contributed by atoms with Gasteiger partial charge in [-0.05, 0) is 37.5 Å². The number of nitrogens with zero attached hydrogens (tertiary/aromatic N) is 1. The summed E-state index contributed by atoms with van der Waals surface area (Å²) in [5.74, 6) is -0.370. The average molecular weight is 262 g/mol. The number of carbonyl (C=O) groups is 1. The molecule has 0 bridgehead atoms. The minimum absolute atomic E-state index is 0.370. The smallest absolute Gasteiger partial charge is 0.340 e. The quantitative estimate of drug-likeness (QED) is 0.632. The Labute approximate surface area is 114 Å². The van der Waals surface area contributed by atoms with Crippen molar-refractivity contribution < 1.29 is 9.53 Å². The van der Waals surface area contributed by atoms with Crippen molar-refractivity contribution in [2.75, 3.05) is 24.3 Å². The summed E-state index contributed by atoms with van der Waals surface area (Å²) < 4.78 is 4.77. The number of esters is 1. The van der Waals surface area contributed by atoms with Gasteiger partial charge in [0.15, 0.2) is 0 Å². The molecule has 0 spiro atoms. The largest absolute Gasteiger partial charge is 0.465 e. The molecule has 1 aromatic carbocycles. The Bertz CT molecular complexity index is 455. The molecule has 2 rings (SSSR count). The van der Waals surface area contributed by atoms with Gasteiger partial charge < -0.3 is 15.4 Å². The summed E-state index contributed by atoms with van der Waals surface area (Å²) in [7, 11) is 1.38. The summed E-state index contributed by atoms with van der Waals surface area (Å²) >= 11 is 0. The van der Waals surface area contributed by atoms with Gasteiger partial charge in [-0.15, -0.1) is 0 Å². The molecule has 0 unspecified atom stereocenters. The predicted octanol–water partition coefficient (Wildman–Crippen LogP) is 2.82. The zero-order valence-corrected chi connectivity index (χ0v) is 11.7. The van der Waals surface area contributed by atoms with Crippen molar-refractivity contribution >= 4 is 17.3 Å². The lowest BCUT2D eigenvalue weighted by molar-refractivity contribution is 0.0602. The number of unbranched alkanes of at least 4 members (excludes halogenated alkanes) is 1. The second-order valence-electron chi connectivity index (χ2n) is 5.04. The number of ether oxygens (including phenoxy) is 1. The molecule has 1 saturated carbocycles. The molecule has 1 aliphatic rings. The van der Waals surface area contributed by atoms with Crippen molar-refractivity contribution in [2.24, 2.45) is 0 Å². The van der Waals surface area contributed by atoms with E-state index < -0.39 is 0 Å². The zero-order valence-electron chi connectivity index (χ0n) is 11.7. The van der Waals surface area contributed by atoms with E-state index in [1.807, 2.05) is 12.1 Å². The molecule has 0 aromatic heterocycles. The highest BCUT2D eigenvalue weighted by Gasteiger charge is 2.29. The van der Waals surface area contributed by atoms with Crippen LogP contribution in [-0.4, -0.2) is 25.7 Å². The van der Waals surface area contributed by atoms with Crippen molar-refractivity contribution in [1.29, 1.82) is 0 Å². The Morgan fingerprint density at radius 2 is 2.21 bits per heavy atom. The normalized spacial score (nSPS) is 14.2. The molecule has 4 nitrogen and oxygen atoms in total. The van der Waals surface area contributed by atoms with E-state index in [-0.39, 0.29) is 5.97 Å². The van der Waals surface area contributed by atoms with Gasteiger partial charge in [0.2, 0.25) is 0 Å². The Hall–Kier alpha value is -1.71. The van der Waals surface area contributed by atoms with Crippen LogP contribution in [0.5, 0.6) is 0 Å². The summed E-state index contributed by atoms with van der Waals surface area (Å²) in [6, 6.07) is 6.27. The van der Waals surface area contributed by atoms with Crippen LogP contribution in [-0.2, 0) is 4.74 Å². The van der Waals surface area contributed by atoms with Crippen molar-refractivity contribution in [2.45, 2.75) is 38.6 Å². The lowest BCUT2D eigenvalue weighted by Gasteiger charge is -2.25. The monoisotopic (exact) mass is 262 g/mol. The Kier molecular flexibility index (Phi) is 4.30. The first-order valence-electron chi connectivity index (χ1n) is 6.91. The molecule has 1 aliphatic carbocycles. The third kappa shape index (κ3) is 3.19. The molecule has 1 fully saturated rings. The van der Waals surface area contributed by atoms with Gasteiger partial charge in [-0.1, -0.05) is 13.3 Å². The highest BCUT2D eigenvalue weighted by Crippen LogP contribution is 2.33. The number of nitrogen functional groups attached to an aromatic ring is 1. The van der Waals surface area contributed by atoms with E-state index >= 15 is 0 Å². The summed E-state index contributed by atoms with van der Waals surface area (Å²) in [5.41, 5.74) is 7.85. The van der Waals surface area contributed by atoms with Gasteiger partial charge in [-0.25, -0.2) is 4.79 Å². The van der Waals surface area contributed by atoms with E-state index in [9.17, 15) is 4.79 Å².